The van der Waals surface area contributed by atoms with Gasteiger partial charge in [-0.05, 0) is 35.9 Å². The summed E-state index contributed by atoms with van der Waals surface area (Å²) < 4.78 is 56.0. The molecule has 3 rings (SSSR count). The SMILES string of the molecule is O=S1(=O)CC(S(=O)(=O)c2ccccc2)c2cc(OCCCO)ccc21. The fraction of sp³-hybridized carbons (Fsp3) is 0.294. The molecule has 0 radical (unpaired) electrons. The van der Waals surface area contributed by atoms with Crippen LogP contribution in [0.2, 0.25) is 0 Å². The molecule has 0 saturated heterocycles. The van der Waals surface area contributed by atoms with Crippen molar-refractivity contribution in [1.82, 2.24) is 0 Å². The van der Waals surface area contributed by atoms with Crippen LogP contribution in [0.1, 0.15) is 17.2 Å². The smallest absolute Gasteiger partial charge is 0.186 e. The van der Waals surface area contributed by atoms with Gasteiger partial charge in [0.15, 0.2) is 19.7 Å². The highest BCUT2D eigenvalue weighted by molar-refractivity contribution is 7.96. The van der Waals surface area contributed by atoms with Crippen LogP contribution < -0.4 is 4.74 Å². The quantitative estimate of drug-likeness (QED) is 0.765. The molecule has 1 aliphatic heterocycles. The summed E-state index contributed by atoms with van der Waals surface area (Å²) in [4.78, 5) is 0.126. The van der Waals surface area contributed by atoms with Crippen LogP contribution in [0.25, 0.3) is 0 Å². The number of rotatable bonds is 6. The number of sulfone groups is 2. The normalized spacial score (nSPS) is 18.7. The van der Waals surface area contributed by atoms with Gasteiger partial charge in [0.05, 0.1) is 22.2 Å². The van der Waals surface area contributed by atoms with Crippen LogP contribution in [0.3, 0.4) is 0 Å². The number of aliphatic hydroxyl groups is 1. The van der Waals surface area contributed by atoms with Crippen LogP contribution in [0.4, 0.5) is 0 Å². The molecule has 6 nitrogen and oxygen atoms in total. The van der Waals surface area contributed by atoms with Gasteiger partial charge >= 0.3 is 0 Å². The maximum absolute atomic E-state index is 12.9. The van der Waals surface area contributed by atoms with Crippen molar-refractivity contribution in [1.29, 1.82) is 0 Å². The Morgan fingerprint density at radius 3 is 2.52 bits per heavy atom. The van der Waals surface area contributed by atoms with E-state index in [1.54, 1.807) is 18.2 Å². The summed E-state index contributed by atoms with van der Waals surface area (Å²) in [6.07, 6.45) is 0.432. The van der Waals surface area contributed by atoms with Crippen molar-refractivity contribution in [2.45, 2.75) is 21.5 Å². The molecule has 1 unspecified atom stereocenters. The van der Waals surface area contributed by atoms with Gasteiger partial charge in [-0.25, -0.2) is 16.8 Å². The van der Waals surface area contributed by atoms with Gasteiger partial charge in [-0.3, -0.25) is 0 Å². The second kappa shape index (κ2) is 6.78. The maximum atomic E-state index is 12.9. The lowest BCUT2D eigenvalue weighted by Crippen LogP contribution is -2.15. The highest BCUT2D eigenvalue weighted by Gasteiger charge is 2.43. The molecule has 0 bridgehead atoms. The van der Waals surface area contributed by atoms with Crippen molar-refractivity contribution >= 4 is 19.7 Å². The summed E-state index contributed by atoms with van der Waals surface area (Å²) >= 11 is 0. The summed E-state index contributed by atoms with van der Waals surface area (Å²) in [5, 5.41) is 7.65. The first kappa shape index (κ1) is 17.9. The van der Waals surface area contributed by atoms with Crippen molar-refractivity contribution in [3.8, 4) is 5.75 Å². The molecule has 1 N–H and O–H groups in total. The Kier molecular flexibility index (Phi) is 4.86. The molecular formula is C17H18O6S2. The van der Waals surface area contributed by atoms with Crippen molar-refractivity contribution in [3.05, 3.63) is 54.1 Å². The molecule has 1 atom stereocenters. The molecule has 25 heavy (non-hydrogen) atoms. The fourth-order valence-corrected chi connectivity index (χ4v) is 7.13. The number of fused-ring (bicyclic) bond motifs is 1. The van der Waals surface area contributed by atoms with Crippen molar-refractivity contribution < 1.29 is 26.7 Å². The summed E-state index contributed by atoms with van der Waals surface area (Å²) in [5.41, 5.74) is 0.241. The number of ether oxygens (including phenoxy) is 1. The Balaban J connectivity index is 2.03. The molecule has 0 spiro atoms. The highest BCUT2D eigenvalue weighted by Crippen LogP contribution is 2.42. The summed E-state index contributed by atoms with van der Waals surface area (Å²) in [6, 6.07) is 12.2. The van der Waals surface area contributed by atoms with E-state index in [4.69, 9.17) is 9.84 Å². The number of hydrogen-bond acceptors (Lipinski definition) is 6. The zero-order valence-corrected chi connectivity index (χ0v) is 15.0. The van der Waals surface area contributed by atoms with Crippen LogP contribution in [-0.2, 0) is 19.7 Å². The Labute approximate surface area is 146 Å². The predicted octanol–water partition coefficient (Wildman–Crippen LogP) is 1.75. The van der Waals surface area contributed by atoms with E-state index in [0.29, 0.717) is 12.2 Å². The zero-order chi connectivity index (χ0) is 18.1. The number of hydrogen-bond donors (Lipinski definition) is 1. The minimum Gasteiger partial charge on any atom is -0.493 e. The molecule has 2 aromatic carbocycles. The average molecular weight is 382 g/mol. The predicted molar refractivity (Wildman–Crippen MR) is 92.1 cm³/mol. The third-order valence-corrected chi connectivity index (χ3v) is 8.18. The molecule has 0 saturated carbocycles. The molecule has 134 valence electrons. The fourth-order valence-electron chi connectivity index (χ4n) is 2.82. The molecule has 1 aliphatic rings. The van der Waals surface area contributed by atoms with Gasteiger partial charge in [0, 0.05) is 13.0 Å². The van der Waals surface area contributed by atoms with E-state index in [9.17, 15) is 16.8 Å². The molecule has 0 amide bonds. The Bertz CT molecular complexity index is 965. The van der Waals surface area contributed by atoms with E-state index < -0.39 is 30.7 Å². The van der Waals surface area contributed by atoms with Gasteiger partial charge in [0.2, 0.25) is 0 Å². The van der Waals surface area contributed by atoms with Crippen molar-refractivity contribution in [2.24, 2.45) is 0 Å². The zero-order valence-electron chi connectivity index (χ0n) is 13.3. The third kappa shape index (κ3) is 3.42. The third-order valence-electron chi connectivity index (χ3n) is 4.05. The van der Waals surface area contributed by atoms with E-state index in [2.05, 4.69) is 0 Å². The van der Waals surface area contributed by atoms with Gasteiger partial charge in [0.25, 0.3) is 0 Å². The van der Waals surface area contributed by atoms with Gasteiger partial charge < -0.3 is 9.84 Å². The second-order valence-electron chi connectivity index (χ2n) is 5.75. The average Bonchev–Trinajstić information content (AvgIpc) is 2.87. The molecule has 0 aromatic heterocycles. The van der Waals surface area contributed by atoms with Crippen LogP contribution in [0, 0.1) is 0 Å². The monoisotopic (exact) mass is 382 g/mol. The molecular weight excluding hydrogens is 364 g/mol. The van der Waals surface area contributed by atoms with Gasteiger partial charge in [-0.2, -0.15) is 0 Å². The first-order valence-corrected chi connectivity index (χ1v) is 11.0. The summed E-state index contributed by atoms with van der Waals surface area (Å²) in [7, 11) is -7.50. The lowest BCUT2D eigenvalue weighted by molar-refractivity contribution is 0.233. The Morgan fingerprint density at radius 2 is 1.84 bits per heavy atom. The second-order valence-corrected chi connectivity index (χ2v) is 9.89. The molecule has 0 aliphatic carbocycles. The lowest BCUT2D eigenvalue weighted by Gasteiger charge is -2.13. The molecule has 0 fully saturated rings. The van der Waals surface area contributed by atoms with E-state index in [-0.39, 0.29) is 28.6 Å². The first-order chi connectivity index (χ1) is 11.9. The Hall–Kier alpha value is -1.90. The minimum absolute atomic E-state index is 0.0235. The summed E-state index contributed by atoms with van der Waals surface area (Å²) in [5.74, 6) is -0.0859. The van der Waals surface area contributed by atoms with Crippen LogP contribution >= 0.6 is 0 Å². The number of aliphatic hydroxyl groups excluding tert-OH is 1. The standard InChI is InChI=1S/C17H18O6S2/c18-9-4-10-23-13-7-8-16-15(11-13)17(12-24(16,19)20)25(21,22)14-5-2-1-3-6-14/h1-3,5-8,11,17-18H,4,9-10,12H2. The van der Waals surface area contributed by atoms with E-state index in [1.807, 2.05) is 0 Å². The molecule has 1 heterocycles. The minimum atomic E-state index is -3.84. The van der Waals surface area contributed by atoms with Crippen molar-refractivity contribution in [2.75, 3.05) is 19.0 Å². The Morgan fingerprint density at radius 1 is 1.12 bits per heavy atom. The topological polar surface area (TPSA) is 97.7 Å². The van der Waals surface area contributed by atoms with Crippen LogP contribution in [0.15, 0.2) is 58.3 Å². The van der Waals surface area contributed by atoms with Gasteiger partial charge in [0.1, 0.15) is 11.0 Å². The first-order valence-electron chi connectivity index (χ1n) is 7.75. The molecule has 2 aromatic rings. The molecule has 8 heteroatoms. The highest BCUT2D eigenvalue weighted by atomic mass is 32.2. The van der Waals surface area contributed by atoms with Gasteiger partial charge in [-0.15, -0.1) is 0 Å². The van der Waals surface area contributed by atoms with E-state index in [0.717, 1.165) is 0 Å². The van der Waals surface area contributed by atoms with Gasteiger partial charge in [-0.1, -0.05) is 18.2 Å². The van der Waals surface area contributed by atoms with E-state index >= 15 is 0 Å². The number of benzene rings is 2. The van der Waals surface area contributed by atoms with E-state index in [1.165, 1.54) is 30.3 Å². The van der Waals surface area contributed by atoms with Crippen molar-refractivity contribution in [3.63, 3.8) is 0 Å². The van der Waals surface area contributed by atoms with Crippen LogP contribution in [-0.4, -0.2) is 40.9 Å². The maximum Gasteiger partial charge on any atom is 0.186 e. The largest absolute Gasteiger partial charge is 0.493 e. The van der Waals surface area contributed by atoms with Crippen LogP contribution in [0.5, 0.6) is 5.75 Å². The lowest BCUT2D eigenvalue weighted by atomic mass is 10.1. The summed E-state index contributed by atoms with van der Waals surface area (Å²) in [6.45, 7) is 0.239.